The number of carbonyl (C=O) groups is 4. The van der Waals surface area contributed by atoms with Gasteiger partial charge < -0.3 is 26.4 Å². The molecule has 1 aliphatic heterocycles. The van der Waals surface area contributed by atoms with Crippen LogP contribution in [0.5, 0.6) is 0 Å². The quantitative estimate of drug-likeness (QED) is 0.280. The summed E-state index contributed by atoms with van der Waals surface area (Å²) >= 11 is 0. The molecule has 10 nitrogen and oxygen atoms in total. The molecule has 1 fully saturated rings. The van der Waals surface area contributed by atoms with Crippen LogP contribution in [0.4, 0.5) is 10.5 Å². The summed E-state index contributed by atoms with van der Waals surface area (Å²) in [5.41, 5.74) is 9.57. The Morgan fingerprint density at radius 1 is 1.12 bits per heavy atom. The lowest BCUT2D eigenvalue weighted by molar-refractivity contribution is -0.141. The van der Waals surface area contributed by atoms with Gasteiger partial charge in [-0.15, -0.1) is 0 Å². The Hall–Kier alpha value is -3.86. The molecule has 0 saturated carbocycles. The largest absolute Gasteiger partial charge is 0.465 e. The van der Waals surface area contributed by atoms with Gasteiger partial charge in [0.2, 0.25) is 17.7 Å². The third kappa shape index (κ3) is 7.08. The molecule has 4 unspecified atom stereocenters. The monoisotopic (exact) mass is 579 g/mol. The number of fused-ring (bicyclic) bond motifs is 1. The van der Waals surface area contributed by atoms with Gasteiger partial charge in [0, 0.05) is 25.3 Å². The number of nitrogens with one attached hydrogen (secondary N) is 2. The minimum atomic E-state index is -1.94. The van der Waals surface area contributed by atoms with E-state index >= 15 is 0 Å². The molecule has 0 bridgehead atoms. The van der Waals surface area contributed by atoms with Crippen LogP contribution in [0.15, 0.2) is 48.5 Å². The van der Waals surface area contributed by atoms with Crippen molar-refractivity contribution in [2.75, 3.05) is 18.9 Å². The highest BCUT2D eigenvalue weighted by molar-refractivity contribution is 6.79. The van der Waals surface area contributed by atoms with E-state index in [2.05, 4.69) is 35.9 Å². The summed E-state index contributed by atoms with van der Waals surface area (Å²) in [5, 5.41) is 15.4. The van der Waals surface area contributed by atoms with Gasteiger partial charge in [-0.3, -0.25) is 19.3 Å². The van der Waals surface area contributed by atoms with Crippen molar-refractivity contribution >= 4 is 37.6 Å². The Morgan fingerprint density at radius 2 is 1.80 bits per heavy atom. The second kappa shape index (κ2) is 12.3. The number of carbonyl (C=O) groups excluding carboxylic acids is 3. The topological polar surface area (TPSA) is 145 Å². The molecule has 4 atom stereocenters. The summed E-state index contributed by atoms with van der Waals surface area (Å²) in [5.74, 6) is -1.10. The molecule has 2 aromatic rings. The first kappa shape index (κ1) is 30.1. The highest BCUT2D eigenvalue weighted by atomic mass is 28.3. The summed E-state index contributed by atoms with van der Waals surface area (Å²) in [7, 11) is -0.633. The Morgan fingerprint density at radius 3 is 2.49 bits per heavy atom. The van der Waals surface area contributed by atoms with E-state index in [9.17, 15) is 24.3 Å². The molecule has 2 aliphatic rings. The molecule has 0 spiro atoms. The van der Waals surface area contributed by atoms with E-state index in [-0.39, 0.29) is 24.3 Å². The van der Waals surface area contributed by atoms with E-state index in [1.165, 1.54) is 19.5 Å². The number of rotatable bonds is 8. The fraction of sp³-hybridized carbons (Fsp3) is 0.467. The van der Waals surface area contributed by atoms with E-state index in [1.807, 2.05) is 12.1 Å². The van der Waals surface area contributed by atoms with Gasteiger partial charge in [0.1, 0.15) is 18.1 Å². The van der Waals surface area contributed by atoms with E-state index in [0.717, 1.165) is 35.3 Å². The van der Waals surface area contributed by atoms with Gasteiger partial charge in [-0.25, -0.2) is 4.79 Å². The molecule has 0 aromatic heterocycles. The third-order valence-corrected chi connectivity index (χ3v) is 11.0. The molecule has 2 aromatic carbocycles. The molecule has 1 aliphatic carbocycles. The number of carboxylic acid groups (broad SMARTS) is 1. The third-order valence-electron chi connectivity index (χ3n) is 8.29. The SMILES string of the molecule is CC(C(=O)NC(Cc1ccc(N)cc1)C(=O)N1C[Si](C)(C)CC1C(=O)NC1CCCc2ccccc21)N(C)C(=O)O. The maximum atomic E-state index is 14.2. The van der Waals surface area contributed by atoms with Crippen LogP contribution in [0.25, 0.3) is 0 Å². The van der Waals surface area contributed by atoms with Crippen molar-refractivity contribution in [2.24, 2.45) is 0 Å². The molecule has 5 N–H and O–H groups in total. The van der Waals surface area contributed by atoms with E-state index in [0.29, 0.717) is 17.9 Å². The highest BCUT2D eigenvalue weighted by Gasteiger charge is 2.47. The van der Waals surface area contributed by atoms with Crippen molar-refractivity contribution < 1.29 is 24.3 Å². The summed E-state index contributed by atoms with van der Waals surface area (Å²) in [4.78, 5) is 55.0. The zero-order chi connectivity index (χ0) is 29.9. The number of nitrogen functional groups attached to an aromatic ring is 1. The molecule has 11 heteroatoms. The number of benzene rings is 2. The van der Waals surface area contributed by atoms with Crippen LogP contribution in [0, 0.1) is 0 Å². The van der Waals surface area contributed by atoms with Crippen molar-refractivity contribution in [3.8, 4) is 0 Å². The van der Waals surface area contributed by atoms with Gasteiger partial charge in [-0.05, 0) is 61.1 Å². The number of likely N-dealkylation sites (N-methyl/N-ethyl adjacent to an activating group) is 1. The maximum absolute atomic E-state index is 14.2. The van der Waals surface area contributed by atoms with Crippen LogP contribution in [-0.2, 0) is 27.2 Å². The van der Waals surface area contributed by atoms with Crippen LogP contribution in [0.1, 0.15) is 42.5 Å². The minimum Gasteiger partial charge on any atom is -0.465 e. The number of nitrogens with two attached hydrogens (primary N) is 1. The van der Waals surface area contributed by atoms with Crippen molar-refractivity contribution in [3.05, 3.63) is 65.2 Å². The Balaban J connectivity index is 1.58. The Labute approximate surface area is 242 Å². The number of anilines is 1. The molecular weight excluding hydrogens is 538 g/mol. The minimum absolute atomic E-state index is 0.104. The molecular formula is C30H41N5O5Si. The molecule has 41 heavy (non-hydrogen) atoms. The second-order valence-electron chi connectivity index (χ2n) is 12.1. The van der Waals surface area contributed by atoms with Crippen LogP contribution >= 0.6 is 0 Å². The first-order valence-corrected chi connectivity index (χ1v) is 17.6. The number of amides is 4. The van der Waals surface area contributed by atoms with Gasteiger partial charge in [0.05, 0.1) is 14.1 Å². The van der Waals surface area contributed by atoms with E-state index in [1.54, 1.807) is 29.2 Å². The van der Waals surface area contributed by atoms with Gasteiger partial charge in [0.25, 0.3) is 0 Å². The standard InChI is InChI=1S/C30H41N5O5Si/c1-19(34(2)30(39)40)27(36)33-25(16-20-12-14-22(31)15-13-20)29(38)35-18-41(3,4)17-26(35)28(37)32-24-11-7-9-21-8-5-6-10-23(21)24/h5-6,8,10,12-15,19,24-26H,7,9,11,16-18,31H2,1-4H3,(H,32,37)(H,33,36)(H,39,40). The lowest BCUT2D eigenvalue weighted by Crippen LogP contribution is -2.57. The van der Waals surface area contributed by atoms with Crippen LogP contribution in [-0.4, -0.2) is 78.1 Å². The first-order valence-electron chi connectivity index (χ1n) is 14.2. The Kier molecular flexibility index (Phi) is 9.06. The zero-order valence-electron chi connectivity index (χ0n) is 24.2. The fourth-order valence-corrected chi connectivity index (χ4v) is 8.71. The van der Waals surface area contributed by atoms with Crippen LogP contribution in [0.3, 0.4) is 0 Å². The Bertz CT molecular complexity index is 1300. The predicted molar refractivity (Wildman–Crippen MR) is 160 cm³/mol. The second-order valence-corrected chi connectivity index (χ2v) is 17.1. The number of hydrogen-bond donors (Lipinski definition) is 4. The average Bonchev–Trinajstić information content (AvgIpc) is 3.28. The first-order chi connectivity index (χ1) is 19.4. The lowest BCUT2D eigenvalue weighted by Gasteiger charge is -2.32. The fourth-order valence-electron chi connectivity index (χ4n) is 5.83. The van der Waals surface area contributed by atoms with Gasteiger partial charge >= 0.3 is 6.09 Å². The van der Waals surface area contributed by atoms with Crippen molar-refractivity contribution in [1.82, 2.24) is 20.4 Å². The highest BCUT2D eigenvalue weighted by Crippen LogP contribution is 2.32. The zero-order valence-corrected chi connectivity index (χ0v) is 25.2. The molecule has 4 rings (SSSR count). The molecule has 220 valence electrons. The van der Waals surface area contributed by atoms with Gasteiger partial charge in [0.15, 0.2) is 0 Å². The number of hydrogen-bond acceptors (Lipinski definition) is 5. The molecule has 0 radical (unpaired) electrons. The average molecular weight is 580 g/mol. The van der Waals surface area contributed by atoms with Crippen LogP contribution in [0.2, 0.25) is 19.1 Å². The van der Waals surface area contributed by atoms with Gasteiger partial charge in [-0.1, -0.05) is 49.5 Å². The maximum Gasteiger partial charge on any atom is 0.407 e. The molecule has 1 saturated heterocycles. The summed E-state index contributed by atoms with van der Waals surface area (Å²) in [6, 6.07) is 13.1. The summed E-state index contributed by atoms with van der Waals surface area (Å²) in [6.07, 6.45) is 2.23. The van der Waals surface area contributed by atoms with E-state index < -0.39 is 38.2 Å². The molecule has 1 heterocycles. The normalized spacial score (nSPS) is 20.8. The van der Waals surface area contributed by atoms with Gasteiger partial charge in [-0.2, -0.15) is 0 Å². The summed E-state index contributed by atoms with van der Waals surface area (Å²) < 4.78 is 0. The van der Waals surface area contributed by atoms with Crippen molar-refractivity contribution in [3.63, 3.8) is 0 Å². The molecule has 4 amide bonds. The lowest BCUT2D eigenvalue weighted by atomic mass is 9.87. The number of aryl methyl sites for hydroxylation is 1. The summed E-state index contributed by atoms with van der Waals surface area (Å²) in [6.45, 7) is 5.79. The van der Waals surface area contributed by atoms with Crippen molar-refractivity contribution in [2.45, 2.75) is 75.9 Å². The van der Waals surface area contributed by atoms with Crippen molar-refractivity contribution in [1.29, 1.82) is 0 Å². The smallest absolute Gasteiger partial charge is 0.407 e. The number of nitrogens with zero attached hydrogens (tertiary/aromatic N) is 2. The van der Waals surface area contributed by atoms with E-state index in [4.69, 9.17) is 5.73 Å². The predicted octanol–water partition coefficient (Wildman–Crippen LogP) is 2.95. The van der Waals surface area contributed by atoms with Crippen LogP contribution < -0.4 is 16.4 Å².